The quantitative estimate of drug-likeness (QED) is 0.501. The van der Waals surface area contributed by atoms with E-state index in [2.05, 4.69) is 10.3 Å². The first-order valence-corrected chi connectivity index (χ1v) is 11.6. The highest BCUT2D eigenvalue weighted by Gasteiger charge is 2.32. The Labute approximate surface area is 171 Å². The molecule has 1 aromatic heterocycles. The number of thioether (sulfide) groups is 1. The molecule has 12 heteroatoms. The second-order valence-electron chi connectivity index (χ2n) is 6.22. The number of nitrogens with zero attached hydrogens (tertiary/aromatic N) is 2. The van der Waals surface area contributed by atoms with Crippen LogP contribution in [0.2, 0.25) is 5.02 Å². The van der Waals surface area contributed by atoms with Gasteiger partial charge in [-0.05, 0) is 25.8 Å². The SMILES string of the molecule is CCS(=O)(=O)N1CCC(C(=O)NCCSc2ncc(C(F)(F)F)cc2Cl)CC1. The smallest absolute Gasteiger partial charge is 0.355 e. The highest BCUT2D eigenvalue weighted by atomic mass is 35.5. The van der Waals surface area contributed by atoms with E-state index in [4.69, 9.17) is 11.6 Å². The Morgan fingerprint density at radius 2 is 2.04 bits per heavy atom. The molecule has 0 unspecified atom stereocenters. The van der Waals surface area contributed by atoms with Crippen molar-refractivity contribution in [1.29, 1.82) is 0 Å². The summed E-state index contributed by atoms with van der Waals surface area (Å²) in [5.74, 6) is 0.0378. The molecule has 28 heavy (non-hydrogen) atoms. The van der Waals surface area contributed by atoms with E-state index >= 15 is 0 Å². The van der Waals surface area contributed by atoms with Crippen LogP contribution < -0.4 is 5.32 Å². The average molecular weight is 460 g/mol. The van der Waals surface area contributed by atoms with Gasteiger partial charge in [0.1, 0.15) is 5.03 Å². The number of carbonyl (C=O) groups excluding carboxylic acids is 1. The molecular formula is C16H21ClF3N3O3S2. The molecule has 0 radical (unpaired) electrons. The summed E-state index contributed by atoms with van der Waals surface area (Å²) < 4.78 is 62.8. The molecule has 1 amide bonds. The van der Waals surface area contributed by atoms with Gasteiger partial charge in [0.25, 0.3) is 0 Å². The molecule has 6 nitrogen and oxygen atoms in total. The largest absolute Gasteiger partial charge is 0.417 e. The van der Waals surface area contributed by atoms with Crippen molar-refractivity contribution in [1.82, 2.24) is 14.6 Å². The molecule has 0 bridgehead atoms. The first-order chi connectivity index (χ1) is 13.0. The molecule has 0 spiro atoms. The molecule has 1 fully saturated rings. The molecule has 1 aliphatic rings. The Balaban J connectivity index is 1.75. The van der Waals surface area contributed by atoms with Gasteiger partial charge < -0.3 is 5.32 Å². The highest BCUT2D eigenvalue weighted by Crippen LogP contribution is 2.33. The van der Waals surface area contributed by atoms with E-state index in [0.717, 1.165) is 24.0 Å². The summed E-state index contributed by atoms with van der Waals surface area (Å²) >= 11 is 6.99. The van der Waals surface area contributed by atoms with Crippen LogP contribution in [0, 0.1) is 5.92 Å². The van der Waals surface area contributed by atoms with Gasteiger partial charge in [0, 0.05) is 37.5 Å². The number of rotatable bonds is 7. The molecule has 1 aromatic rings. The zero-order valence-electron chi connectivity index (χ0n) is 15.1. The number of nitrogens with one attached hydrogen (secondary N) is 1. The molecule has 0 aromatic carbocycles. The van der Waals surface area contributed by atoms with Gasteiger partial charge in [-0.25, -0.2) is 17.7 Å². The van der Waals surface area contributed by atoms with Crippen LogP contribution in [0.3, 0.4) is 0 Å². The number of amides is 1. The molecule has 2 heterocycles. The van der Waals surface area contributed by atoms with Crippen molar-refractivity contribution in [3.05, 3.63) is 22.8 Å². The topological polar surface area (TPSA) is 79.4 Å². The van der Waals surface area contributed by atoms with Gasteiger partial charge in [-0.2, -0.15) is 13.2 Å². The lowest BCUT2D eigenvalue weighted by Gasteiger charge is -2.30. The number of carbonyl (C=O) groups is 1. The minimum atomic E-state index is -4.50. The fourth-order valence-corrected chi connectivity index (χ4v) is 4.92. The molecule has 1 aliphatic heterocycles. The summed E-state index contributed by atoms with van der Waals surface area (Å²) in [6.45, 7) is 2.54. The van der Waals surface area contributed by atoms with E-state index < -0.39 is 21.8 Å². The minimum absolute atomic E-state index is 0.0433. The number of hydrogen-bond acceptors (Lipinski definition) is 5. The molecule has 0 atom stereocenters. The second-order valence-corrected chi connectivity index (χ2v) is 9.97. The highest BCUT2D eigenvalue weighted by molar-refractivity contribution is 7.99. The van der Waals surface area contributed by atoms with Crippen LogP contribution in [0.15, 0.2) is 17.3 Å². The summed E-state index contributed by atoms with van der Waals surface area (Å²) in [6.07, 6.45) is -2.85. The lowest BCUT2D eigenvalue weighted by molar-refractivity contribution is -0.137. The summed E-state index contributed by atoms with van der Waals surface area (Å²) in [5, 5.41) is 2.95. The summed E-state index contributed by atoms with van der Waals surface area (Å²) in [5.41, 5.74) is -0.911. The minimum Gasteiger partial charge on any atom is -0.355 e. The molecule has 2 rings (SSSR count). The third-order valence-electron chi connectivity index (χ3n) is 4.36. The van der Waals surface area contributed by atoms with Gasteiger partial charge in [-0.15, -0.1) is 11.8 Å². The third kappa shape index (κ3) is 6.23. The monoisotopic (exact) mass is 459 g/mol. The van der Waals surface area contributed by atoms with Crippen LogP contribution in [0.4, 0.5) is 13.2 Å². The zero-order chi connectivity index (χ0) is 20.9. The first-order valence-electron chi connectivity index (χ1n) is 8.65. The average Bonchev–Trinajstić information content (AvgIpc) is 2.65. The van der Waals surface area contributed by atoms with Gasteiger partial charge in [0.15, 0.2) is 0 Å². The zero-order valence-corrected chi connectivity index (χ0v) is 17.5. The summed E-state index contributed by atoms with van der Waals surface area (Å²) in [6, 6.07) is 0.827. The lowest BCUT2D eigenvalue weighted by Crippen LogP contribution is -2.43. The van der Waals surface area contributed by atoms with Crippen molar-refractivity contribution in [2.75, 3.05) is 31.1 Å². The van der Waals surface area contributed by atoms with Crippen LogP contribution >= 0.6 is 23.4 Å². The Morgan fingerprint density at radius 3 is 2.57 bits per heavy atom. The Hall–Kier alpha value is -1.04. The second kappa shape index (κ2) is 9.64. The standard InChI is InChI=1S/C16H21ClF3N3O3S2/c1-2-28(25,26)23-6-3-11(4-7-23)14(24)21-5-8-27-15-13(17)9-12(10-22-15)16(18,19)20/h9-11H,2-8H2,1H3,(H,21,24). The van der Waals surface area contributed by atoms with Crippen molar-refractivity contribution < 1.29 is 26.4 Å². The maximum atomic E-state index is 12.6. The Morgan fingerprint density at radius 1 is 1.39 bits per heavy atom. The van der Waals surface area contributed by atoms with Crippen LogP contribution in [0.25, 0.3) is 0 Å². The predicted molar refractivity (Wildman–Crippen MR) is 102 cm³/mol. The van der Waals surface area contributed by atoms with Crippen LogP contribution in [-0.2, 0) is 21.0 Å². The van der Waals surface area contributed by atoms with Crippen LogP contribution in [0.1, 0.15) is 25.3 Å². The summed E-state index contributed by atoms with van der Waals surface area (Å²) in [7, 11) is -3.23. The third-order valence-corrected chi connectivity index (χ3v) is 7.65. The molecular weight excluding hydrogens is 439 g/mol. The number of alkyl halides is 3. The molecule has 0 saturated carbocycles. The van der Waals surface area contributed by atoms with Crippen molar-refractivity contribution in [2.45, 2.75) is 31.0 Å². The molecule has 0 aliphatic carbocycles. The van der Waals surface area contributed by atoms with Crippen molar-refractivity contribution in [2.24, 2.45) is 5.92 Å². The molecule has 158 valence electrons. The predicted octanol–water partition coefficient (Wildman–Crippen LogP) is 3.02. The van der Waals surface area contributed by atoms with Crippen LogP contribution in [0.5, 0.6) is 0 Å². The fourth-order valence-electron chi connectivity index (χ4n) is 2.73. The van der Waals surface area contributed by atoms with Crippen molar-refractivity contribution in [3.8, 4) is 0 Å². The van der Waals surface area contributed by atoms with Gasteiger partial charge >= 0.3 is 6.18 Å². The number of sulfonamides is 1. The maximum absolute atomic E-state index is 12.6. The van der Waals surface area contributed by atoms with E-state index in [1.54, 1.807) is 6.92 Å². The number of piperidine rings is 1. The van der Waals surface area contributed by atoms with E-state index in [0.29, 0.717) is 38.2 Å². The number of halogens is 4. The number of pyridine rings is 1. The van der Waals surface area contributed by atoms with E-state index in [-0.39, 0.29) is 27.6 Å². The van der Waals surface area contributed by atoms with Crippen molar-refractivity contribution >= 4 is 39.3 Å². The first kappa shape index (κ1) is 23.2. The normalized spacial score (nSPS) is 16.9. The Bertz CT molecular complexity index is 798. The van der Waals surface area contributed by atoms with Crippen LogP contribution in [-0.4, -0.2) is 54.8 Å². The molecule has 1 N–H and O–H groups in total. The van der Waals surface area contributed by atoms with Crippen molar-refractivity contribution in [3.63, 3.8) is 0 Å². The summed E-state index contributed by atoms with van der Waals surface area (Å²) in [4.78, 5) is 15.9. The lowest BCUT2D eigenvalue weighted by atomic mass is 9.97. The Kier molecular flexibility index (Phi) is 8.00. The van der Waals surface area contributed by atoms with Gasteiger partial charge in [0.05, 0.1) is 16.3 Å². The number of aromatic nitrogens is 1. The van der Waals surface area contributed by atoms with E-state index in [9.17, 15) is 26.4 Å². The number of hydrogen-bond donors (Lipinski definition) is 1. The fraction of sp³-hybridized carbons (Fsp3) is 0.625. The van der Waals surface area contributed by atoms with Gasteiger partial charge in [-0.1, -0.05) is 11.6 Å². The van der Waals surface area contributed by atoms with Gasteiger partial charge in [0.2, 0.25) is 15.9 Å². The van der Waals surface area contributed by atoms with E-state index in [1.165, 1.54) is 4.31 Å². The van der Waals surface area contributed by atoms with Gasteiger partial charge in [-0.3, -0.25) is 4.79 Å². The maximum Gasteiger partial charge on any atom is 0.417 e. The van der Waals surface area contributed by atoms with E-state index in [1.807, 2.05) is 0 Å². The molecule has 1 saturated heterocycles.